The van der Waals surface area contributed by atoms with E-state index in [0.717, 1.165) is 63.2 Å². The summed E-state index contributed by atoms with van der Waals surface area (Å²) in [5.41, 5.74) is 4.95. The molecular formula is C24H43N5O2. The Bertz CT molecular complexity index is 591. The van der Waals surface area contributed by atoms with Crippen LogP contribution >= 0.6 is 0 Å². The molecule has 1 aromatic carbocycles. The molecule has 0 saturated carbocycles. The zero-order chi connectivity index (χ0) is 23.3. The van der Waals surface area contributed by atoms with Crippen LogP contribution in [0, 0.1) is 11.3 Å². The summed E-state index contributed by atoms with van der Waals surface area (Å²) in [7, 11) is 8.29. The first-order chi connectivity index (χ1) is 14.9. The molecule has 0 amide bonds. The quantitative estimate of drug-likeness (QED) is 0.193. The van der Waals surface area contributed by atoms with Crippen molar-refractivity contribution >= 4 is 11.9 Å². The standard InChI is InChI=1S/C14H20N4.C10H23NO2/c1-18(2)12-4-3-11-16-17-14-7-5-13(6-8-14)9-10-15;1-5-12-10(13-6-2)8-7-9-11(3)4/h5-8,11,17H,3-4,9,12H2,1-2H3;10H,5-9H2,1-4H3/b16-11-;. The maximum atomic E-state index is 8.56. The van der Waals surface area contributed by atoms with Gasteiger partial charge in [0.05, 0.1) is 18.2 Å². The number of hydrogen-bond acceptors (Lipinski definition) is 7. The summed E-state index contributed by atoms with van der Waals surface area (Å²) in [5.74, 6) is 0. The number of nitrogens with zero attached hydrogens (tertiary/aromatic N) is 4. The molecule has 0 aliphatic heterocycles. The second-order valence-electron chi connectivity index (χ2n) is 7.69. The van der Waals surface area contributed by atoms with Gasteiger partial charge in [0.1, 0.15) is 0 Å². The van der Waals surface area contributed by atoms with Crippen molar-refractivity contribution in [3.05, 3.63) is 29.8 Å². The monoisotopic (exact) mass is 433 g/mol. The number of hydrogen-bond donors (Lipinski definition) is 1. The minimum absolute atomic E-state index is 0.00468. The first-order valence-electron chi connectivity index (χ1n) is 11.2. The lowest BCUT2D eigenvalue weighted by Gasteiger charge is -2.17. The normalized spacial score (nSPS) is 11.1. The van der Waals surface area contributed by atoms with Crippen molar-refractivity contribution in [2.75, 3.05) is 59.9 Å². The van der Waals surface area contributed by atoms with Gasteiger partial charge < -0.3 is 19.3 Å². The van der Waals surface area contributed by atoms with E-state index in [9.17, 15) is 0 Å². The molecule has 0 bridgehead atoms. The lowest BCUT2D eigenvalue weighted by Crippen LogP contribution is -2.20. The van der Waals surface area contributed by atoms with Gasteiger partial charge in [-0.2, -0.15) is 10.4 Å². The Morgan fingerprint density at radius 1 is 1.00 bits per heavy atom. The minimum atomic E-state index is -0.00468. The molecule has 1 N–H and O–H groups in total. The highest BCUT2D eigenvalue weighted by molar-refractivity contribution is 5.59. The van der Waals surface area contributed by atoms with Gasteiger partial charge in [-0.15, -0.1) is 0 Å². The number of hydrazone groups is 1. The van der Waals surface area contributed by atoms with Gasteiger partial charge in [-0.05, 0) is 98.5 Å². The Labute approximate surface area is 190 Å². The van der Waals surface area contributed by atoms with Crippen molar-refractivity contribution < 1.29 is 9.47 Å². The molecule has 31 heavy (non-hydrogen) atoms. The van der Waals surface area contributed by atoms with Crippen molar-refractivity contribution in [1.29, 1.82) is 5.26 Å². The molecule has 7 nitrogen and oxygen atoms in total. The zero-order valence-corrected chi connectivity index (χ0v) is 20.4. The number of anilines is 1. The highest BCUT2D eigenvalue weighted by Crippen LogP contribution is 2.09. The number of nitriles is 1. The summed E-state index contributed by atoms with van der Waals surface area (Å²) in [6, 6.07) is 9.87. The highest BCUT2D eigenvalue weighted by atomic mass is 16.7. The first-order valence-corrected chi connectivity index (χ1v) is 11.2. The van der Waals surface area contributed by atoms with Gasteiger partial charge in [0.15, 0.2) is 6.29 Å². The van der Waals surface area contributed by atoms with Crippen LogP contribution in [0.1, 0.15) is 45.1 Å². The Morgan fingerprint density at radius 2 is 1.58 bits per heavy atom. The third-order valence-corrected chi connectivity index (χ3v) is 4.21. The molecule has 7 heteroatoms. The molecule has 0 aromatic heterocycles. The summed E-state index contributed by atoms with van der Waals surface area (Å²) in [6.07, 6.45) is 6.53. The smallest absolute Gasteiger partial charge is 0.157 e. The average molecular weight is 434 g/mol. The lowest BCUT2D eigenvalue weighted by atomic mass is 10.1. The van der Waals surface area contributed by atoms with Crippen LogP contribution in [0.2, 0.25) is 0 Å². The molecule has 1 rings (SSSR count). The van der Waals surface area contributed by atoms with Crippen LogP contribution in [0.15, 0.2) is 29.4 Å². The SMILES string of the molecule is CCOC(CCCN(C)C)OCC.CN(C)CCC/C=N\Nc1ccc(CC#N)cc1. The van der Waals surface area contributed by atoms with E-state index in [1.54, 1.807) is 0 Å². The fourth-order valence-electron chi connectivity index (χ4n) is 2.63. The predicted molar refractivity (Wildman–Crippen MR) is 130 cm³/mol. The van der Waals surface area contributed by atoms with E-state index in [1.807, 2.05) is 44.3 Å². The Morgan fingerprint density at radius 3 is 2.10 bits per heavy atom. The summed E-state index contributed by atoms with van der Waals surface area (Å²) >= 11 is 0. The lowest BCUT2D eigenvalue weighted by molar-refractivity contribution is -0.140. The molecule has 0 aliphatic rings. The number of unbranched alkanes of at least 4 members (excludes halogenated alkanes) is 1. The zero-order valence-electron chi connectivity index (χ0n) is 20.4. The Kier molecular flexibility index (Phi) is 18.7. The molecule has 0 aliphatic carbocycles. The second kappa shape index (κ2) is 20.0. The van der Waals surface area contributed by atoms with Crippen LogP contribution in [-0.4, -0.2) is 76.8 Å². The van der Waals surface area contributed by atoms with E-state index in [2.05, 4.69) is 54.6 Å². The van der Waals surface area contributed by atoms with E-state index in [4.69, 9.17) is 14.7 Å². The molecule has 0 spiro atoms. The van der Waals surface area contributed by atoms with Gasteiger partial charge in [-0.3, -0.25) is 5.43 Å². The predicted octanol–water partition coefficient (Wildman–Crippen LogP) is 4.22. The first kappa shape index (κ1) is 29.0. The molecular weight excluding hydrogens is 390 g/mol. The minimum Gasteiger partial charge on any atom is -0.353 e. The van der Waals surface area contributed by atoms with Gasteiger partial charge in [0.2, 0.25) is 0 Å². The Hall–Kier alpha value is -1.98. The summed E-state index contributed by atoms with van der Waals surface area (Å²) in [4.78, 5) is 4.34. The number of nitrogens with one attached hydrogen (secondary N) is 1. The van der Waals surface area contributed by atoms with Crippen molar-refractivity contribution in [2.45, 2.75) is 52.2 Å². The average Bonchev–Trinajstić information content (AvgIpc) is 2.72. The summed E-state index contributed by atoms with van der Waals surface area (Å²) in [5, 5.41) is 12.7. The Balaban J connectivity index is 0.000000615. The van der Waals surface area contributed by atoms with Crippen LogP contribution in [0.3, 0.4) is 0 Å². The number of ether oxygens (including phenoxy) is 2. The molecule has 0 fully saturated rings. The molecule has 0 unspecified atom stereocenters. The van der Waals surface area contributed by atoms with Crippen LogP contribution in [-0.2, 0) is 15.9 Å². The number of benzene rings is 1. The summed E-state index contributed by atoms with van der Waals surface area (Å²) in [6.45, 7) is 7.63. The maximum Gasteiger partial charge on any atom is 0.157 e. The topological polar surface area (TPSA) is 73.1 Å². The molecule has 0 radical (unpaired) electrons. The number of rotatable bonds is 15. The second-order valence-corrected chi connectivity index (χ2v) is 7.69. The summed E-state index contributed by atoms with van der Waals surface area (Å²) < 4.78 is 10.8. The molecule has 0 atom stereocenters. The maximum absolute atomic E-state index is 8.56. The van der Waals surface area contributed by atoms with Gasteiger partial charge in [0, 0.05) is 19.4 Å². The molecule has 0 heterocycles. The van der Waals surface area contributed by atoms with Gasteiger partial charge >= 0.3 is 0 Å². The third kappa shape index (κ3) is 18.5. The van der Waals surface area contributed by atoms with Gasteiger partial charge in [0.25, 0.3) is 0 Å². The van der Waals surface area contributed by atoms with Crippen molar-refractivity contribution in [2.24, 2.45) is 5.10 Å². The highest BCUT2D eigenvalue weighted by Gasteiger charge is 2.06. The van der Waals surface area contributed by atoms with Crippen molar-refractivity contribution in [1.82, 2.24) is 9.80 Å². The molecule has 176 valence electrons. The van der Waals surface area contributed by atoms with Gasteiger partial charge in [-0.25, -0.2) is 0 Å². The van der Waals surface area contributed by atoms with E-state index in [1.165, 1.54) is 0 Å². The van der Waals surface area contributed by atoms with Crippen molar-refractivity contribution in [3.8, 4) is 6.07 Å². The van der Waals surface area contributed by atoms with E-state index in [-0.39, 0.29) is 6.29 Å². The van der Waals surface area contributed by atoms with Crippen LogP contribution < -0.4 is 5.43 Å². The van der Waals surface area contributed by atoms with Crippen LogP contribution in [0.4, 0.5) is 5.69 Å². The van der Waals surface area contributed by atoms with Gasteiger partial charge in [-0.1, -0.05) is 12.1 Å². The van der Waals surface area contributed by atoms with Crippen molar-refractivity contribution in [3.63, 3.8) is 0 Å². The van der Waals surface area contributed by atoms with Crippen LogP contribution in [0.5, 0.6) is 0 Å². The van der Waals surface area contributed by atoms with Crippen LogP contribution in [0.25, 0.3) is 0 Å². The largest absolute Gasteiger partial charge is 0.353 e. The fraction of sp³-hybridized carbons (Fsp3) is 0.667. The third-order valence-electron chi connectivity index (χ3n) is 4.21. The van der Waals surface area contributed by atoms with E-state index >= 15 is 0 Å². The molecule has 0 saturated heterocycles. The van der Waals surface area contributed by atoms with E-state index in [0.29, 0.717) is 6.42 Å². The molecule has 1 aromatic rings. The van der Waals surface area contributed by atoms with E-state index < -0.39 is 0 Å². The fourth-order valence-corrected chi connectivity index (χ4v) is 2.63.